The number of hydrogen-bond acceptors (Lipinski definition) is 4. The number of aliphatic hydroxyl groups is 1. The average molecular weight is 251 g/mol. The fourth-order valence-corrected chi connectivity index (χ4v) is 2.69. The summed E-state index contributed by atoms with van der Waals surface area (Å²) in [6, 6.07) is 5.87. The third-order valence-corrected chi connectivity index (χ3v) is 4.02. The highest BCUT2D eigenvalue weighted by atomic mass is 32.1. The van der Waals surface area contributed by atoms with E-state index in [0.29, 0.717) is 12.5 Å². The maximum atomic E-state index is 8.71. The smallest absolute Gasteiger partial charge is 0.120 e. The van der Waals surface area contributed by atoms with Crippen LogP contribution in [-0.2, 0) is 0 Å². The van der Waals surface area contributed by atoms with Gasteiger partial charge in [0.1, 0.15) is 12.4 Å². The molecule has 92 valence electrons. The number of thiazole rings is 1. The van der Waals surface area contributed by atoms with E-state index in [0.717, 1.165) is 22.4 Å². The molecule has 2 aromatic rings. The van der Waals surface area contributed by atoms with Gasteiger partial charge in [0.25, 0.3) is 0 Å². The minimum absolute atomic E-state index is 0.0405. The molecule has 0 aliphatic carbocycles. The highest BCUT2D eigenvalue weighted by Crippen LogP contribution is 2.31. The van der Waals surface area contributed by atoms with E-state index in [1.54, 1.807) is 11.3 Å². The Morgan fingerprint density at radius 1 is 1.47 bits per heavy atom. The van der Waals surface area contributed by atoms with E-state index in [-0.39, 0.29) is 6.61 Å². The summed E-state index contributed by atoms with van der Waals surface area (Å²) in [5.41, 5.74) is 1.03. The molecule has 1 aromatic heterocycles. The predicted molar refractivity (Wildman–Crippen MR) is 70.9 cm³/mol. The van der Waals surface area contributed by atoms with Crippen LogP contribution in [0.1, 0.15) is 31.2 Å². The lowest BCUT2D eigenvalue weighted by atomic mass is 10.1. The second kappa shape index (κ2) is 5.47. The summed E-state index contributed by atoms with van der Waals surface area (Å²) >= 11 is 1.72. The molecular weight excluding hydrogens is 234 g/mol. The van der Waals surface area contributed by atoms with E-state index < -0.39 is 0 Å². The maximum absolute atomic E-state index is 8.71. The van der Waals surface area contributed by atoms with E-state index in [1.807, 2.05) is 18.2 Å². The van der Waals surface area contributed by atoms with Gasteiger partial charge in [0.05, 0.1) is 21.8 Å². The Bertz CT molecular complexity index is 495. The third kappa shape index (κ3) is 2.76. The first-order valence-electron chi connectivity index (χ1n) is 5.88. The molecule has 0 radical (unpaired) electrons. The van der Waals surface area contributed by atoms with Gasteiger partial charge in [-0.05, 0) is 24.6 Å². The summed E-state index contributed by atoms with van der Waals surface area (Å²) in [5, 5.41) is 9.90. The number of fused-ring (bicyclic) bond motifs is 1. The summed E-state index contributed by atoms with van der Waals surface area (Å²) in [7, 11) is 0. The van der Waals surface area contributed by atoms with Gasteiger partial charge in [0, 0.05) is 5.92 Å². The van der Waals surface area contributed by atoms with Crippen molar-refractivity contribution >= 4 is 21.6 Å². The molecule has 4 heteroatoms. The quantitative estimate of drug-likeness (QED) is 0.887. The van der Waals surface area contributed by atoms with Crippen LogP contribution in [0.4, 0.5) is 0 Å². The number of hydrogen-bond donors (Lipinski definition) is 1. The largest absolute Gasteiger partial charge is 0.491 e. The van der Waals surface area contributed by atoms with Crippen LogP contribution in [-0.4, -0.2) is 23.3 Å². The highest BCUT2D eigenvalue weighted by molar-refractivity contribution is 7.18. The van der Waals surface area contributed by atoms with Crippen LogP contribution in [0.5, 0.6) is 5.75 Å². The molecule has 0 spiro atoms. The molecule has 3 nitrogen and oxygen atoms in total. The lowest BCUT2D eigenvalue weighted by Crippen LogP contribution is -2.00. The first-order valence-corrected chi connectivity index (χ1v) is 6.70. The zero-order valence-electron chi connectivity index (χ0n) is 10.1. The van der Waals surface area contributed by atoms with E-state index in [4.69, 9.17) is 9.84 Å². The fourth-order valence-electron chi connectivity index (χ4n) is 1.56. The van der Waals surface area contributed by atoms with Crippen molar-refractivity contribution in [2.75, 3.05) is 13.2 Å². The summed E-state index contributed by atoms with van der Waals surface area (Å²) in [6.45, 7) is 4.74. The van der Waals surface area contributed by atoms with Crippen LogP contribution in [0, 0.1) is 0 Å². The summed E-state index contributed by atoms with van der Waals surface area (Å²) in [5.74, 6) is 1.31. The van der Waals surface area contributed by atoms with Crippen molar-refractivity contribution in [2.24, 2.45) is 0 Å². The number of aliphatic hydroxyl groups excluding tert-OH is 1. The van der Waals surface area contributed by atoms with Crippen LogP contribution in [0.3, 0.4) is 0 Å². The van der Waals surface area contributed by atoms with E-state index >= 15 is 0 Å². The standard InChI is InChI=1S/C13H17NO2S/c1-3-9(2)13-14-11-5-4-10(16-7-6-15)8-12(11)17-13/h4-5,8-9,15H,3,6-7H2,1-2H3. The molecule has 1 N–H and O–H groups in total. The molecule has 1 aromatic carbocycles. The molecule has 0 saturated heterocycles. The lowest BCUT2D eigenvalue weighted by molar-refractivity contribution is 0.201. The Morgan fingerprint density at radius 3 is 3.00 bits per heavy atom. The van der Waals surface area contributed by atoms with Gasteiger partial charge in [0.2, 0.25) is 0 Å². The third-order valence-electron chi connectivity index (χ3n) is 2.77. The van der Waals surface area contributed by atoms with Gasteiger partial charge in [-0.1, -0.05) is 13.8 Å². The molecule has 0 amide bonds. The Labute approximate surface area is 105 Å². The minimum Gasteiger partial charge on any atom is -0.491 e. The van der Waals surface area contributed by atoms with Crippen LogP contribution in [0.2, 0.25) is 0 Å². The molecule has 0 fully saturated rings. The van der Waals surface area contributed by atoms with Crippen LogP contribution >= 0.6 is 11.3 Å². The molecule has 17 heavy (non-hydrogen) atoms. The predicted octanol–water partition coefficient (Wildman–Crippen LogP) is 3.18. The monoisotopic (exact) mass is 251 g/mol. The summed E-state index contributed by atoms with van der Waals surface area (Å²) in [6.07, 6.45) is 1.10. The van der Waals surface area contributed by atoms with Gasteiger partial charge < -0.3 is 9.84 Å². The van der Waals surface area contributed by atoms with Gasteiger partial charge in [-0.3, -0.25) is 0 Å². The molecule has 2 rings (SSSR count). The SMILES string of the molecule is CCC(C)c1nc2ccc(OCCO)cc2s1. The van der Waals surface area contributed by atoms with Crippen molar-refractivity contribution in [2.45, 2.75) is 26.2 Å². The Hall–Kier alpha value is -1.13. The van der Waals surface area contributed by atoms with Gasteiger partial charge >= 0.3 is 0 Å². The normalized spacial score (nSPS) is 12.9. The Morgan fingerprint density at radius 2 is 2.29 bits per heavy atom. The second-order valence-corrected chi connectivity index (χ2v) is 5.13. The van der Waals surface area contributed by atoms with Crippen molar-refractivity contribution < 1.29 is 9.84 Å². The Balaban J connectivity index is 2.27. The molecule has 0 aliphatic rings. The van der Waals surface area contributed by atoms with Crippen molar-refractivity contribution in [1.82, 2.24) is 4.98 Å². The molecule has 1 unspecified atom stereocenters. The lowest BCUT2D eigenvalue weighted by Gasteiger charge is -2.02. The molecule has 0 bridgehead atoms. The molecule has 1 atom stereocenters. The summed E-state index contributed by atoms with van der Waals surface area (Å²) in [4.78, 5) is 4.62. The summed E-state index contributed by atoms with van der Waals surface area (Å²) < 4.78 is 6.54. The van der Waals surface area contributed by atoms with Crippen LogP contribution in [0.15, 0.2) is 18.2 Å². The molecular formula is C13H17NO2S. The van der Waals surface area contributed by atoms with Crippen molar-refractivity contribution in [3.63, 3.8) is 0 Å². The van der Waals surface area contributed by atoms with E-state index in [2.05, 4.69) is 18.8 Å². The zero-order valence-corrected chi connectivity index (χ0v) is 11.0. The van der Waals surface area contributed by atoms with E-state index in [1.165, 1.54) is 5.01 Å². The maximum Gasteiger partial charge on any atom is 0.120 e. The van der Waals surface area contributed by atoms with Gasteiger partial charge in [-0.15, -0.1) is 11.3 Å². The number of benzene rings is 1. The van der Waals surface area contributed by atoms with Gasteiger partial charge in [-0.25, -0.2) is 4.98 Å². The number of nitrogens with zero attached hydrogens (tertiary/aromatic N) is 1. The molecule has 0 aliphatic heterocycles. The average Bonchev–Trinajstić information content (AvgIpc) is 2.78. The minimum atomic E-state index is 0.0405. The van der Waals surface area contributed by atoms with Crippen molar-refractivity contribution in [1.29, 1.82) is 0 Å². The van der Waals surface area contributed by atoms with Crippen molar-refractivity contribution in [3.8, 4) is 5.75 Å². The first-order chi connectivity index (χ1) is 8.24. The number of aromatic nitrogens is 1. The van der Waals surface area contributed by atoms with E-state index in [9.17, 15) is 0 Å². The highest BCUT2D eigenvalue weighted by Gasteiger charge is 2.10. The van der Waals surface area contributed by atoms with Crippen molar-refractivity contribution in [3.05, 3.63) is 23.2 Å². The topological polar surface area (TPSA) is 42.4 Å². The van der Waals surface area contributed by atoms with Gasteiger partial charge in [0.15, 0.2) is 0 Å². The molecule has 1 heterocycles. The van der Waals surface area contributed by atoms with Gasteiger partial charge in [-0.2, -0.15) is 0 Å². The Kier molecular flexibility index (Phi) is 3.97. The number of rotatable bonds is 5. The van der Waals surface area contributed by atoms with Crippen LogP contribution < -0.4 is 4.74 Å². The van der Waals surface area contributed by atoms with Crippen LogP contribution in [0.25, 0.3) is 10.2 Å². The second-order valence-electron chi connectivity index (χ2n) is 4.06. The fraction of sp³-hybridized carbons (Fsp3) is 0.462. The first kappa shape index (κ1) is 12.3. The zero-order chi connectivity index (χ0) is 12.3. The number of ether oxygens (including phenoxy) is 1. The molecule has 0 saturated carbocycles.